The Hall–Kier alpha value is -1.39. The van der Waals surface area contributed by atoms with Gasteiger partial charge in [-0.05, 0) is 57.8 Å². The average Bonchev–Trinajstić information content (AvgIpc) is 2.48. The molecule has 2 rings (SSSR count). The summed E-state index contributed by atoms with van der Waals surface area (Å²) in [5.74, 6) is 0.114. The van der Waals surface area contributed by atoms with E-state index >= 15 is 0 Å². The summed E-state index contributed by atoms with van der Waals surface area (Å²) in [5.41, 5.74) is 3.25. The van der Waals surface area contributed by atoms with E-state index < -0.39 is 5.41 Å². The van der Waals surface area contributed by atoms with Gasteiger partial charge in [0.05, 0.1) is 18.1 Å². The first kappa shape index (κ1) is 17.0. The van der Waals surface area contributed by atoms with E-state index in [0.717, 1.165) is 25.9 Å². The first-order valence-corrected chi connectivity index (χ1v) is 8.06. The molecule has 4 heteroatoms. The number of benzene rings is 1. The van der Waals surface area contributed by atoms with Crippen LogP contribution < -0.4 is 10.6 Å². The normalized spacial score (nSPS) is 18.7. The third kappa shape index (κ3) is 3.68. The van der Waals surface area contributed by atoms with Gasteiger partial charge in [0.15, 0.2) is 0 Å². The Morgan fingerprint density at radius 1 is 1.36 bits per heavy atom. The van der Waals surface area contributed by atoms with Gasteiger partial charge in [0.25, 0.3) is 0 Å². The van der Waals surface area contributed by atoms with Crippen molar-refractivity contribution in [3.63, 3.8) is 0 Å². The van der Waals surface area contributed by atoms with E-state index in [9.17, 15) is 4.79 Å². The zero-order valence-corrected chi connectivity index (χ0v) is 14.2. The molecule has 1 fully saturated rings. The van der Waals surface area contributed by atoms with Gasteiger partial charge < -0.3 is 15.4 Å². The Bertz CT molecular complexity index is 516. The third-order valence-corrected chi connectivity index (χ3v) is 4.70. The van der Waals surface area contributed by atoms with Crippen LogP contribution in [0.2, 0.25) is 0 Å². The van der Waals surface area contributed by atoms with Gasteiger partial charge in [-0.15, -0.1) is 0 Å². The maximum Gasteiger partial charge on any atom is 0.229 e. The van der Waals surface area contributed by atoms with Crippen molar-refractivity contribution in [1.29, 1.82) is 0 Å². The molecule has 0 bridgehead atoms. The fraction of sp³-hybridized carbons (Fsp3) is 0.611. The van der Waals surface area contributed by atoms with E-state index in [-0.39, 0.29) is 11.9 Å². The largest absolute Gasteiger partial charge is 0.384 e. The molecule has 1 aromatic carbocycles. The summed E-state index contributed by atoms with van der Waals surface area (Å²) in [4.78, 5) is 12.9. The first-order chi connectivity index (χ1) is 10.5. The van der Waals surface area contributed by atoms with Gasteiger partial charge >= 0.3 is 0 Å². The molecule has 0 radical (unpaired) electrons. The van der Waals surface area contributed by atoms with Crippen LogP contribution in [0.15, 0.2) is 18.2 Å². The quantitative estimate of drug-likeness (QED) is 0.879. The number of methoxy groups -OCH3 is 1. The molecule has 1 unspecified atom stereocenters. The van der Waals surface area contributed by atoms with Crippen LogP contribution in [-0.2, 0) is 9.53 Å². The van der Waals surface area contributed by atoms with E-state index in [1.54, 1.807) is 7.11 Å². The Morgan fingerprint density at radius 3 is 2.64 bits per heavy atom. The predicted molar refractivity (Wildman–Crippen MR) is 88.9 cm³/mol. The summed E-state index contributed by atoms with van der Waals surface area (Å²) in [6, 6.07) is 6.38. The number of aryl methyl sites for hydroxylation is 2. The fourth-order valence-corrected chi connectivity index (χ4v) is 3.36. The van der Waals surface area contributed by atoms with Gasteiger partial charge in [-0.25, -0.2) is 0 Å². The summed E-state index contributed by atoms with van der Waals surface area (Å²) in [5, 5.41) is 6.52. The summed E-state index contributed by atoms with van der Waals surface area (Å²) in [7, 11) is 1.67. The van der Waals surface area contributed by atoms with Crippen molar-refractivity contribution in [3.05, 3.63) is 34.9 Å². The van der Waals surface area contributed by atoms with Crippen LogP contribution in [-0.4, -0.2) is 32.7 Å². The van der Waals surface area contributed by atoms with Crippen molar-refractivity contribution in [2.75, 3.05) is 26.8 Å². The number of ether oxygens (including phenoxy) is 1. The highest BCUT2D eigenvalue weighted by Gasteiger charge is 2.40. The van der Waals surface area contributed by atoms with Crippen LogP contribution >= 0.6 is 0 Å². The molecule has 0 aromatic heterocycles. The lowest BCUT2D eigenvalue weighted by atomic mass is 9.78. The number of hydrogen-bond acceptors (Lipinski definition) is 3. The molecule has 1 heterocycles. The zero-order valence-electron chi connectivity index (χ0n) is 14.2. The second kappa shape index (κ2) is 7.25. The van der Waals surface area contributed by atoms with E-state index in [2.05, 4.69) is 49.6 Å². The maximum absolute atomic E-state index is 12.9. The molecular formula is C18H28N2O2. The molecule has 22 heavy (non-hydrogen) atoms. The van der Waals surface area contributed by atoms with Crippen LogP contribution in [0.4, 0.5) is 0 Å². The standard InChI is InChI=1S/C18H28N2O2/c1-13-5-6-16(14(2)11-13)15(3)20-17(21)18(12-22-4)7-9-19-10-8-18/h5-6,11,15,19H,7-10,12H2,1-4H3,(H,20,21). The third-order valence-electron chi connectivity index (χ3n) is 4.70. The van der Waals surface area contributed by atoms with E-state index in [0.29, 0.717) is 6.61 Å². The Morgan fingerprint density at radius 2 is 2.05 bits per heavy atom. The van der Waals surface area contributed by atoms with Gasteiger partial charge in [0, 0.05) is 7.11 Å². The summed E-state index contributed by atoms with van der Waals surface area (Å²) in [6.07, 6.45) is 1.65. The molecular weight excluding hydrogens is 276 g/mol. The number of nitrogens with one attached hydrogen (secondary N) is 2. The summed E-state index contributed by atoms with van der Waals surface area (Å²) in [6.45, 7) is 8.46. The topological polar surface area (TPSA) is 50.4 Å². The molecule has 4 nitrogen and oxygen atoms in total. The molecule has 0 aliphatic carbocycles. The Kier molecular flexibility index (Phi) is 5.59. The second-order valence-electron chi connectivity index (χ2n) is 6.52. The van der Waals surface area contributed by atoms with Crippen LogP contribution in [0, 0.1) is 19.3 Å². The van der Waals surface area contributed by atoms with Gasteiger partial charge in [0.1, 0.15) is 0 Å². The smallest absolute Gasteiger partial charge is 0.229 e. The number of piperidine rings is 1. The van der Waals surface area contributed by atoms with Crippen molar-refractivity contribution in [1.82, 2.24) is 10.6 Å². The number of hydrogen-bond donors (Lipinski definition) is 2. The SMILES string of the molecule is COCC1(C(=O)NC(C)c2ccc(C)cc2C)CCNCC1. The van der Waals surface area contributed by atoms with Gasteiger partial charge in [0.2, 0.25) is 5.91 Å². The molecule has 1 saturated heterocycles. The van der Waals surface area contributed by atoms with Gasteiger partial charge in [-0.1, -0.05) is 23.8 Å². The van der Waals surface area contributed by atoms with Crippen molar-refractivity contribution in [3.8, 4) is 0 Å². The van der Waals surface area contributed by atoms with Crippen molar-refractivity contribution < 1.29 is 9.53 Å². The highest BCUT2D eigenvalue weighted by molar-refractivity contribution is 5.83. The molecule has 0 saturated carbocycles. The van der Waals surface area contributed by atoms with E-state index in [4.69, 9.17) is 4.74 Å². The van der Waals surface area contributed by atoms with Crippen LogP contribution in [0.3, 0.4) is 0 Å². The first-order valence-electron chi connectivity index (χ1n) is 8.06. The molecule has 1 aliphatic heterocycles. The monoisotopic (exact) mass is 304 g/mol. The number of amides is 1. The van der Waals surface area contributed by atoms with Gasteiger partial charge in [-0.2, -0.15) is 0 Å². The molecule has 0 spiro atoms. The lowest BCUT2D eigenvalue weighted by Crippen LogP contribution is -2.50. The summed E-state index contributed by atoms with van der Waals surface area (Å²) < 4.78 is 5.34. The molecule has 2 N–H and O–H groups in total. The van der Waals surface area contributed by atoms with Crippen molar-refractivity contribution in [2.45, 2.75) is 39.7 Å². The van der Waals surface area contributed by atoms with Crippen molar-refractivity contribution >= 4 is 5.91 Å². The average molecular weight is 304 g/mol. The molecule has 1 aliphatic rings. The minimum atomic E-state index is -0.396. The molecule has 1 aromatic rings. The highest BCUT2D eigenvalue weighted by atomic mass is 16.5. The molecule has 1 amide bonds. The van der Waals surface area contributed by atoms with Crippen LogP contribution in [0.25, 0.3) is 0 Å². The van der Waals surface area contributed by atoms with Crippen LogP contribution in [0.5, 0.6) is 0 Å². The zero-order chi connectivity index (χ0) is 16.2. The maximum atomic E-state index is 12.9. The number of rotatable bonds is 5. The van der Waals surface area contributed by atoms with Gasteiger partial charge in [-0.3, -0.25) is 4.79 Å². The highest BCUT2D eigenvalue weighted by Crippen LogP contribution is 2.31. The fourth-order valence-electron chi connectivity index (χ4n) is 3.36. The minimum Gasteiger partial charge on any atom is -0.384 e. The summed E-state index contributed by atoms with van der Waals surface area (Å²) >= 11 is 0. The second-order valence-corrected chi connectivity index (χ2v) is 6.52. The molecule has 122 valence electrons. The lowest BCUT2D eigenvalue weighted by Gasteiger charge is -2.36. The van der Waals surface area contributed by atoms with E-state index in [1.807, 2.05) is 0 Å². The number of carbonyl (C=O) groups excluding carboxylic acids is 1. The van der Waals surface area contributed by atoms with E-state index in [1.165, 1.54) is 16.7 Å². The Balaban J connectivity index is 2.11. The minimum absolute atomic E-state index is 0.0108. The van der Waals surface area contributed by atoms with Crippen LogP contribution in [0.1, 0.15) is 42.5 Å². The lowest BCUT2D eigenvalue weighted by molar-refractivity contribution is -0.136. The molecule has 1 atom stereocenters. The Labute approximate surface area is 133 Å². The van der Waals surface area contributed by atoms with Crippen molar-refractivity contribution in [2.24, 2.45) is 5.41 Å². The number of carbonyl (C=O) groups is 1. The predicted octanol–water partition coefficient (Wildman–Crippen LogP) is 2.50.